The SMILES string of the molecule is CCNC(=O)C1COCCN1C(=O)c1sc(N)nc1C. The van der Waals surface area contributed by atoms with Crippen LogP contribution in [0.25, 0.3) is 0 Å². The molecular formula is C12H18N4O3S. The Kier molecular flexibility index (Phi) is 4.56. The molecule has 1 saturated heterocycles. The maximum absolute atomic E-state index is 12.6. The Morgan fingerprint density at radius 2 is 2.35 bits per heavy atom. The average Bonchev–Trinajstić information content (AvgIpc) is 2.77. The van der Waals surface area contributed by atoms with Crippen molar-refractivity contribution in [3.8, 4) is 0 Å². The number of likely N-dealkylation sites (N-methyl/N-ethyl adjacent to an activating group) is 1. The monoisotopic (exact) mass is 298 g/mol. The number of anilines is 1. The summed E-state index contributed by atoms with van der Waals surface area (Å²) in [7, 11) is 0. The predicted octanol–water partition coefficient (Wildman–Crippen LogP) is 0.0108. The van der Waals surface area contributed by atoms with E-state index in [0.717, 1.165) is 11.3 Å². The Balaban J connectivity index is 2.21. The van der Waals surface area contributed by atoms with Crippen LogP contribution in [0.3, 0.4) is 0 Å². The van der Waals surface area contributed by atoms with E-state index in [1.165, 1.54) is 4.90 Å². The zero-order chi connectivity index (χ0) is 14.7. The minimum Gasteiger partial charge on any atom is -0.377 e. The molecule has 1 fully saturated rings. The van der Waals surface area contributed by atoms with Crippen molar-refractivity contribution in [1.82, 2.24) is 15.2 Å². The Labute approximate surface area is 121 Å². The van der Waals surface area contributed by atoms with Gasteiger partial charge in [0.2, 0.25) is 5.91 Å². The van der Waals surface area contributed by atoms with Gasteiger partial charge in [0.15, 0.2) is 5.13 Å². The largest absolute Gasteiger partial charge is 0.377 e. The Bertz CT molecular complexity index is 517. The number of carbonyl (C=O) groups is 2. The van der Waals surface area contributed by atoms with E-state index in [0.29, 0.717) is 35.4 Å². The van der Waals surface area contributed by atoms with Crippen LogP contribution in [0.4, 0.5) is 5.13 Å². The average molecular weight is 298 g/mol. The van der Waals surface area contributed by atoms with E-state index in [2.05, 4.69) is 10.3 Å². The van der Waals surface area contributed by atoms with Crippen LogP contribution in [0.5, 0.6) is 0 Å². The van der Waals surface area contributed by atoms with Crippen LogP contribution < -0.4 is 11.1 Å². The first kappa shape index (κ1) is 14.7. The van der Waals surface area contributed by atoms with Gasteiger partial charge in [-0.25, -0.2) is 4.98 Å². The van der Waals surface area contributed by atoms with Crippen LogP contribution >= 0.6 is 11.3 Å². The minimum atomic E-state index is -0.598. The van der Waals surface area contributed by atoms with Gasteiger partial charge in [0.1, 0.15) is 10.9 Å². The molecule has 20 heavy (non-hydrogen) atoms. The first-order valence-electron chi connectivity index (χ1n) is 6.44. The van der Waals surface area contributed by atoms with Crippen LogP contribution in [-0.4, -0.2) is 54.0 Å². The second kappa shape index (κ2) is 6.19. The number of thiazole rings is 1. The Morgan fingerprint density at radius 3 is 2.95 bits per heavy atom. The highest BCUT2D eigenvalue weighted by Crippen LogP contribution is 2.23. The third kappa shape index (κ3) is 2.91. The fourth-order valence-electron chi connectivity index (χ4n) is 2.10. The first-order valence-corrected chi connectivity index (χ1v) is 7.25. The van der Waals surface area contributed by atoms with Gasteiger partial charge in [-0.2, -0.15) is 0 Å². The number of rotatable bonds is 3. The number of amides is 2. The number of hydrogen-bond acceptors (Lipinski definition) is 6. The van der Waals surface area contributed by atoms with Crippen LogP contribution in [0.2, 0.25) is 0 Å². The van der Waals surface area contributed by atoms with E-state index < -0.39 is 6.04 Å². The van der Waals surface area contributed by atoms with Gasteiger partial charge in [-0.15, -0.1) is 0 Å². The lowest BCUT2D eigenvalue weighted by molar-refractivity contribution is -0.130. The number of nitrogens with one attached hydrogen (secondary N) is 1. The van der Waals surface area contributed by atoms with Gasteiger partial charge < -0.3 is 20.7 Å². The fraction of sp³-hybridized carbons (Fsp3) is 0.583. The van der Waals surface area contributed by atoms with Crippen LogP contribution in [0, 0.1) is 6.92 Å². The highest BCUT2D eigenvalue weighted by atomic mass is 32.1. The second-order valence-electron chi connectivity index (χ2n) is 4.45. The molecule has 7 nitrogen and oxygen atoms in total. The quantitative estimate of drug-likeness (QED) is 0.819. The topological polar surface area (TPSA) is 97.5 Å². The summed E-state index contributed by atoms with van der Waals surface area (Å²) >= 11 is 1.15. The molecule has 0 spiro atoms. The van der Waals surface area contributed by atoms with E-state index in [1.54, 1.807) is 6.92 Å². The van der Waals surface area contributed by atoms with E-state index in [-0.39, 0.29) is 18.4 Å². The molecule has 1 aliphatic rings. The summed E-state index contributed by atoms with van der Waals surface area (Å²) in [5.74, 6) is -0.410. The molecule has 1 aromatic rings. The molecule has 0 radical (unpaired) electrons. The molecule has 110 valence electrons. The van der Waals surface area contributed by atoms with Crippen molar-refractivity contribution < 1.29 is 14.3 Å². The summed E-state index contributed by atoms with van der Waals surface area (Å²) in [5.41, 5.74) is 6.22. The zero-order valence-corrected chi connectivity index (χ0v) is 12.3. The maximum atomic E-state index is 12.6. The van der Waals surface area contributed by atoms with Crippen molar-refractivity contribution in [2.45, 2.75) is 19.9 Å². The summed E-state index contributed by atoms with van der Waals surface area (Å²) in [6, 6.07) is -0.598. The molecule has 2 amide bonds. The molecule has 2 heterocycles. The summed E-state index contributed by atoms with van der Waals surface area (Å²) in [6.45, 7) is 5.12. The lowest BCUT2D eigenvalue weighted by Crippen LogP contribution is -2.55. The van der Waals surface area contributed by atoms with Crippen LogP contribution in [0.15, 0.2) is 0 Å². The minimum absolute atomic E-state index is 0.198. The molecule has 0 aromatic carbocycles. The molecule has 0 saturated carbocycles. The molecule has 3 N–H and O–H groups in total. The number of nitrogen functional groups attached to an aromatic ring is 1. The molecule has 1 atom stereocenters. The van der Waals surface area contributed by atoms with Gasteiger partial charge in [0.05, 0.1) is 18.9 Å². The summed E-state index contributed by atoms with van der Waals surface area (Å²) < 4.78 is 5.31. The zero-order valence-electron chi connectivity index (χ0n) is 11.5. The molecule has 1 unspecified atom stereocenters. The van der Waals surface area contributed by atoms with E-state index in [4.69, 9.17) is 10.5 Å². The van der Waals surface area contributed by atoms with Gasteiger partial charge in [0.25, 0.3) is 5.91 Å². The van der Waals surface area contributed by atoms with Crippen LogP contribution in [-0.2, 0) is 9.53 Å². The van der Waals surface area contributed by atoms with Gasteiger partial charge in [-0.1, -0.05) is 11.3 Å². The lowest BCUT2D eigenvalue weighted by Gasteiger charge is -2.34. The molecule has 1 aromatic heterocycles. The van der Waals surface area contributed by atoms with Gasteiger partial charge in [0, 0.05) is 13.1 Å². The van der Waals surface area contributed by atoms with Crippen molar-refractivity contribution >= 4 is 28.3 Å². The highest BCUT2D eigenvalue weighted by molar-refractivity contribution is 7.17. The smallest absolute Gasteiger partial charge is 0.266 e. The summed E-state index contributed by atoms with van der Waals surface area (Å²) in [6.07, 6.45) is 0. The highest BCUT2D eigenvalue weighted by Gasteiger charge is 2.34. The third-order valence-electron chi connectivity index (χ3n) is 3.05. The van der Waals surface area contributed by atoms with Crippen molar-refractivity contribution in [2.24, 2.45) is 0 Å². The number of hydrogen-bond donors (Lipinski definition) is 2. The normalized spacial score (nSPS) is 18.9. The van der Waals surface area contributed by atoms with Crippen LogP contribution in [0.1, 0.15) is 22.3 Å². The molecule has 8 heteroatoms. The number of ether oxygens (including phenoxy) is 1. The van der Waals surface area contributed by atoms with E-state index in [9.17, 15) is 9.59 Å². The second-order valence-corrected chi connectivity index (χ2v) is 5.48. The van der Waals surface area contributed by atoms with Gasteiger partial charge >= 0.3 is 0 Å². The standard InChI is InChI=1S/C12H18N4O3S/c1-3-14-10(17)8-6-19-5-4-16(8)11(18)9-7(2)15-12(13)20-9/h8H,3-6H2,1-2H3,(H2,13,15)(H,14,17). The summed E-state index contributed by atoms with van der Waals surface area (Å²) in [4.78, 5) is 30.6. The van der Waals surface area contributed by atoms with Crippen molar-refractivity contribution in [1.29, 1.82) is 0 Å². The van der Waals surface area contributed by atoms with Gasteiger partial charge in [-0.05, 0) is 13.8 Å². The van der Waals surface area contributed by atoms with E-state index >= 15 is 0 Å². The molecule has 0 bridgehead atoms. The predicted molar refractivity (Wildman–Crippen MR) is 75.6 cm³/mol. The molecular weight excluding hydrogens is 280 g/mol. The lowest BCUT2D eigenvalue weighted by atomic mass is 10.2. The number of aryl methyl sites for hydroxylation is 1. The van der Waals surface area contributed by atoms with Crippen molar-refractivity contribution in [3.63, 3.8) is 0 Å². The number of carbonyl (C=O) groups excluding carboxylic acids is 2. The van der Waals surface area contributed by atoms with Crippen molar-refractivity contribution in [3.05, 3.63) is 10.6 Å². The summed E-state index contributed by atoms with van der Waals surface area (Å²) in [5, 5.41) is 3.08. The molecule has 2 rings (SSSR count). The number of nitrogens with zero attached hydrogens (tertiary/aromatic N) is 2. The van der Waals surface area contributed by atoms with Crippen molar-refractivity contribution in [2.75, 3.05) is 32.0 Å². The maximum Gasteiger partial charge on any atom is 0.266 e. The Hall–Kier alpha value is -1.67. The number of morpholine rings is 1. The number of aromatic nitrogens is 1. The third-order valence-corrected chi connectivity index (χ3v) is 4.02. The van der Waals surface area contributed by atoms with Gasteiger partial charge in [-0.3, -0.25) is 9.59 Å². The number of nitrogens with two attached hydrogens (primary N) is 1. The molecule has 0 aliphatic carbocycles. The molecule has 1 aliphatic heterocycles. The van der Waals surface area contributed by atoms with E-state index in [1.807, 2.05) is 6.92 Å². The Morgan fingerprint density at radius 1 is 1.60 bits per heavy atom. The fourth-order valence-corrected chi connectivity index (χ4v) is 2.89. The first-order chi connectivity index (χ1) is 9.54.